The standard InChI is InChI=1S/C20H18N2S/c1-13-11-16(9-10-21-13)14(2)15-7-8-20-18(12-15)22-17-5-3-4-6-19(17)23-20/h3-12,14,22H,1-2H3. The molecule has 0 bridgehead atoms. The summed E-state index contributed by atoms with van der Waals surface area (Å²) in [6.07, 6.45) is 1.89. The number of nitrogens with zero attached hydrogens (tertiary/aromatic N) is 1. The summed E-state index contributed by atoms with van der Waals surface area (Å²) in [5.74, 6) is 0.353. The Balaban J connectivity index is 1.68. The second-order valence-corrected chi connectivity index (χ2v) is 7.01. The van der Waals surface area contributed by atoms with Crippen LogP contribution in [0.1, 0.15) is 29.7 Å². The summed E-state index contributed by atoms with van der Waals surface area (Å²) >= 11 is 1.83. The average molecular weight is 318 g/mol. The molecule has 1 aliphatic rings. The maximum atomic E-state index is 4.30. The number of aryl methyl sites for hydroxylation is 1. The fourth-order valence-electron chi connectivity index (χ4n) is 2.96. The number of pyridine rings is 1. The van der Waals surface area contributed by atoms with Crippen molar-refractivity contribution in [3.8, 4) is 0 Å². The molecule has 0 radical (unpaired) electrons. The molecule has 0 aliphatic carbocycles. The molecule has 1 aromatic heterocycles. The first-order valence-corrected chi connectivity index (χ1v) is 8.63. The van der Waals surface area contributed by atoms with Crippen molar-refractivity contribution < 1.29 is 0 Å². The molecule has 23 heavy (non-hydrogen) atoms. The Morgan fingerprint density at radius 2 is 1.70 bits per heavy atom. The van der Waals surface area contributed by atoms with Gasteiger partial charge < -0.3 is 5.32 Å². The molecule has 114 valence electrons. The Bertz CT molecular complexity index is 873. The fourth-order valence-corrected chi connectivity index (χ4v) is 3.92. The van der Waals surface area contributed by atoms with Crippen LogP contribution in [-0.2, 0) is 0 Å². The molecular weight excluding hydrogens is 300 g/mol. The minimum absolute atomic E-state index is 0.353. The maximum Gasteiger partial charge on any atom is 0.0529 e. The van der Waals surface area contributed by atoms with Gasteiger partial charge in [-0.25, -0.2) is 0 Å². The van der Waals surface area contributed by atoms with E-state index in [1.165, 1.54) is 32.3 Å². The molecular formula is C20H18N2S. The van der Waals surface area contributed by atoms with E-state index in [0.717, 1.165) is 5.69 Å². The van der Waals surface area contributed by atoms with E-state index in [1.807, 2.05) is 24.9 Å². The quantitative estimate of drug-likeness (QED) is 0.509. The molecule has 0 saturated heterocycles. The van der Waals surface area contributed by atoms with Crippen LogP contribution in [0.15, 0.2) is 70.6 Å². The molecule has 0 amide bonds. The third-order valence-corrected chi connectivity index (χ3v) is 5.45. The summed E-state index contributed by atoms with van der Waals surface area (Å²) in [6, 6.07) is 19.5. The molecule has 2 nitrogen and oxygen atoms in total. The molecule has 3 heteroatoms. The Morgan fingerprint density at radius 3 is 2.57 bits per heavy atom. The van der Waals surface area contributed by atoms with E-state index < -0.39 is 0 Å². The second kappa shape index (κ2) is 5.74. The lowest BCUT2D eigenvalue weighted by Gasteiger charge is -2.22. The Labute approximate surface area is 141 Å². The van der Waals surface area contributed by atoms with Crippen LogP contribution in [-0.4, -0.2) is 4.98 Å². The molecule has 4 rings (SSSR count). The molecule has 0 saturated carbocycles. The van der Waals surface area contributed by atoms with Crippen LogP contribution >= 0.6 is 11.8 Å². The van der Waals surface area contributed by atoms with Crippen LogP contribution in [0.25, 0.3) is 0 Å². The zero-order chi connectivity index (χ0) is 15.8. The van der Waals surface area contributed by atoms with E-state index in [0.29, 0.717) is 5.92 Å². The average Bonchev–Trinajstić information content (AvgIpc) is 2.59. The molecule has 1 atom stereocenters. The number of hydrogen-bond acceptors (Lipinski definition) is 3. The smallest absolute Gasteiger partial charge is 0.0529 e. The van der Waals surface area contributed by atoms with Crippen molar-refractivity contribution in [1.29, 1.82) is 0 Å². The van der Waals surface area contributed by atoms with E-state index in [9.17, 15) is 0 Å². The lowest BCUT2D eigenvalue weighted by atomic mass is 9.93. The van der Waals surface area contributed by atoms with Crippen LogP contribution in [0, 0.1) is 6.92 Å². The molecule has 2 aromatic carbocycles. The van der Waals surface area contributed by atoms with E-state index in [1.54, 1.807) is 0 Å². The van der Waals surface area contributed by atoms with E-state index >= 15 is 0 Å². The van der Waals surface area contributed by atoms with Crippen molar-refractivity contribution in [2.24, 2.45) is 0 Å². The highest BCUT2D eigenvalue weighted by Crippen LogP contribution is 2.45. The summed E-state index contributed by atoms with van der Waals surface area (Å²) in [5, 5.41) is 3.57. The van der Waals surface area contributed by atoms with Gasteiger partial charge in [-0.1, -0.05) is 36.9 Å². The summed E-state index contributed by atoms with van der Waals surface area (Å²) in [5.41, 5.74) is 6.08. The lowest BCUT2D eigenvalue weighted by molar-refractivity contribution is 0.910. The molecule has 1 N–H and O–H groups in total. The SMILES string of the molecule is Cc1cc(C(C)c2ccc3c(c2)Nc2ccccc2S3)ccn1. The van der Waals surface area contributed by atoms with Crippen LogP contribution in [0.2, 0.25) is 0 Å². The molecule has 1 unspecified atom stereocenters. The predicted octanol–water partition coefficient (Wildman–Crippen LogP) is 5.75. The number of para-hydroxylation sites is 1. The van der Waals surface area contributed by atoms with Gasteiger partial charge in [0.25, 0.3) is 0 Å². The highest BCUT2D eigenvalue weighted by atomic mass is 32.2. The van der Waals surface area contributed by atoms with E-state index in [-0.39, 0.29) is 0 Å². The van der Waals surface area contributed by atoms with Crippen molar-refractivity contribution in [2.45, 2.75) is 29.6 Å². The van der Waals surface area contributed by atoms with Crippen molar-refractivity contribution in [3.05, 3.63) is 77.6 Å². The molecule has 0 fully saturated rings. The second-order valence-electron chi connectivity index (χ2n) is 5.93. The largest absolute Gasteiger partial charge is 0.354 e. The zero-order valence-electron chi connectivity index (χ0n) is 13.2. The highest BCUT2D eigenvalue weighted by Gasteiger charge is 2.17. The summed E-state index contributed by atoms with van der Waals surface area (Å²) in [7, 11) is 0. The van der Waals surface area contributed by atoms with Gasteiger partial charge in [0.1, 0.15) is 0 Å². The van der Waals surface area contributed by atoms with Gasteiger partial charge in [-0.2, -0.15) is 0 Å². The summed E-state index contributed by atoms with van der Waals surface area (Å²) < 4.78 is 0. The third kappa shape index (κ3) is 2.73. The fraction of sp³-hybridized carbons (Fsp3) is 0.150. The first kappa shape index (κ1) is 14.3. The van der Waals surface area contributed by atoms with Gasteiger partial charge >= 0.3 is 0 Å². The van der Waals surface area contributed by atoms with Crippen molar-refractivity contribution >= 4 is 23.1 Å². The molecule has 0 spiro atoms. The number of aromatic nitrogens is 1. The van der Waals surface area contributed by atoms with Crippen molar-refractivity contribution in [3.63, 3.8) is 0 Å². The molecule has 2 heterocycles. The third-order valence-electron chi connectivity index (χ3n) is 4.30. The number of nitrogens with one attached hydrogen (secondary N) is 1. The summed E-state index contributed by atoms with van der Waals surface area (Å²) in [6.45, 7) is 4.29. The van der Waals surface area contributed by atoms with Crippen LogP contribution in [0.5, 0.6) is 0 Å². The van der Waals surface area contributed by atoms with E-state index in [2.05, 4.69) is 71.8 Å². The van der Waals surface area contributed by atoms with E-state index in [4.69, 9.17) is 0 Å². The Morgan fingerprint density at radius 1 is 0.913 bits per heavy atom. The van der Waals surface area contributed by atoms with Gasteiger partial charge in [0.15, 0.2) is 0 Å². The normalized spacial score (nSPS) is 13.7. The van der Waals surface area contributed by atoms with Gasteiger partial charge in [0.05, 0.1) is 11.4 Å². The zero-order valence-corrected chi connectivity index (χ0v) is 14.0. The topological polar surface area (TPSA) is 24.9 Å². The lowest BCUT2D eigenvalue weighted by Crippen LogP contribution is -2.03. The van der Waals surface area contributed by atoms with Crippen LogP contribution < -0.4 is 5.32 Å². The van der Waals surface area contributed by atoms with Gasteiger partial charge in [-0.05, 0) is 54.4 Å². The number of benzene rings is 2. The van der Waals surface area contributed by atoms with Gasteiger partial charge in [0.2, 0.25) is 0 Å². The highest BCUT2D eigenvalue weighted by molar-refractivity contribution is 7.99. The van der Waals surface area contributed by atoms with Crippen LogP contribution in [0.4, 0.5) is 11.4 Å². The van der Waals surface area contributed by atoms with Crippen molar-refractivity contribution in [1.82, 2.24) is 4.98 Å². The monoisotopic (exact) mass is 318 g/mol. The minimum atomic E-state index is 0.353. The number of rotatable bonds is 2. The van der Waals surface area contributed by atoms with Crippen molar-refractivity contribution in [2.75, 3.05) is 5.32 Å². The summed E-state index contributed by atoms with van der Waals surface area (Å²) in [4.78, 5) is 6.86. The van der Waals surface area contributed by atoms with Gasteiger partial charge in [-0.3, -0.25) is 4.98 Å². The number of anilines is 2. The number of hydrogen-bond donors (Lipinski definition) is 1. The minimum Gasteiger partial charge on any atom is -0.354 e. The van der Waals surface area contributed by atoms with Gasteiger partial charge in [0, 0.05) is 27.6 Å². The maximum absolute atomic E-state index is 4.30. The first-order valence-electron chi connectivity index (χ1n) is 7.81. The molecule has 1 aliphatic heterocycles. The van der Waals surface area contributed by atoms with Crippen LogP contribution in [0.3, 0.4) is 0 Å². The Hall–Kier alpha value is -2.26. The number of fused-ring (bicyclic) bond motifs is 2. The Kier molecular flexibility index (Phi) is 3.58. The van der Waals surface area contributed by atoms with Gasteiger partial charge in [-0.15, -0.1) is 0 Å². The molecule has 3 aromatic rings. The predicted molar refractivity (Wildman–Crippen MR) is 96.8 cm³/mol. The first-order chi connectivity index (χ1) is 11.2.